The second kappa shape index (κ2) is 8.94. The Morgan fingerprint density at radius 1 is 1.11 bits per heavy atom. The second-order valence-corrected chi connectivity index (χ2v) is 6.35. The molecule has 2 aromatic carbocycles. The van der Waals surface area contributed by atoms with E-state index in [1.165, 1.54) is 18.5 Å². The highest BCUT2D eigenvalue weighted by Crippen LogP contribution is 2.25. The van der Waals surface area contributed by atoms with Crippen LogP contribution in [0.2, 0.25) is 0 Å². The fraction of sp³-hybridized carbons (Fsp3) is 0.190. The molecule has 0 spiro atoms. The molecule has 1 heterocycles. The van der Waals surface area contributed by atoms with Crippen molar-refractivity contribution in [3.63, 3.8) is 0 Å². The third kappa shape index (κ3) is 5.03. The summed E-state index contributed by atoms with van der Waals surface area (Å²) in [6.07, 6.45) is 1.26. The molecular weight excluding hydrogens is 359 g/mol. The summed E-state index contributed by atoms with van der Waals surface area (Å²) in [4.78, 5) is 20.7. The van der Waals surface area contributed by atoms with Gasteiger partial charge >= 0.3 is 0 Å². The first-order valence-corrected chi connectivity index (χ1v) is 8.89. The fourth-order valence-corrected chi connectivity index (χ4v) is 2.52. The number of amides is 1. The standard InChI is InChI=1S/C21H21FN4O2/c1-14(2)28-19-10-6-5-9-17(19)26-21(27)18-11-20(25-13-24-18)23-12-15-7-3-4-8-16(15)22/h3-11,13-14H,12H2,1-2H3,(H,26,27)(H,23,24,25). The number of nitrogens with zero attached hydrogens (tertiary/aromatic N) is 2. The van der Waals surface area contributed by atoms with Crippen LogP contribution in [0.5, 0.6) is 5.75 Å². The molecule has 144 valence electrons. The zero-order valence-electron chi connectivity index (χ0n) is 15.6. The molecule has 3 rings (SSSR count). The van der Waals surface area contributed by atoms with E-state index in [0.29, 0.717) is 22.8 Å². The van der Waals surface area contributed by atoms with Gasteiger partial charge in [-0.15, -0.1) is 0 Å². The third-order valence-electron chi connectivity index (χ3n) is 3.82. The number of hydrogen-bond donors (Lipinski definition) is 2. The van der Waals surface area contributed by atoms with E-state index < -0.39 is 5.91 Å². The topological polar surface area (TPSA) is 76.1 Å². The van der Waals surface area contributed by atoms with Crippen LogP contribution in [0.4, 0.5) is 15.9 Å². The number of carbonyl (C=O) groups is 1. The lowest BCUT2D eigenvalue weighted by Gasteiger charge is -2.14. The average Bonchev–Trinajstić information content (AvgIpc) is 2.69. The molecular formula is C21H21FN4O2. The Balaban J connectivity index is 1.70. The summed E-state index contributed by atoms with van der Waals surface area (Å²) in [6, 6.07) is 15.2. The Bertz CT molecular complexity index is 962. The van der Waals surface area contributed by atoms with E-state index in [4.69, 9.17) is 4.74 Å². The van der Waals surface area contributed by atoms with Gasteiger partial charge in [0.2, 0.25) is 0 Å². The SMILES string of the molecule is CC(C)Oc1ccccc1NC(=O)c1cc(NCc2ccccc2F)ncn1. The summed E-state index contributed by atoms with van der Waals surface area (Å²) < 4.78 is 19.4. The van der Waals surface area contributed by atoms with Crippen LogP contribution in [-0.4, -0.2) is 22.0 Å². The van der Waals surface area contributed by atoms with Crippen LogP contribution in [0.3, 0.4) is 0 Å². The molecule has 0 aliphatic rings. The molecule has 0 unspecified atom stereocenters. The van der Waals surface area contributed by atoms with Crippen molar-refractivity contribution in [3.8, 4) is 5.75 Å². The minimum Gasteiger partial charge on any atom is -0.489 e. The molecule has 0 fully saturated rings. The lowest BCUT2D eigenvalue weighted by atomic mass is 10.2. The molecule has 0 radical (unpaired) electrons. The number of rotatable bonds is 7. The Kier molecular flexibility index (Phi) is 6.16. The Morgan fingerprint density at radius 3 is 2.64 bits per heavy atom. The van der Waals surface area contributed by atoms with E-state index in [2.05, 4.69) is 20.6 Å². The summed E-state index contributed by atoms with van der Waals surface area (Å²) in [5.74, 6) is 0.313. The molecule has 0 bridgehead atoms. The van der Waals surface area contributed by atoms with Gasteiger partial charge in [-0.25, -0.2) is 14.4 Å². The Labute approximate surface area is 162 Å². The number of anilines is 2. The van der Waals surface area contributed by atoms with Gasteiger partial charge in [0.1, 0.15) is 29.4 Å². The Morgan fingerprint density at radius 2 is 1.86 bits per heavy atom. The average molecular weight is 380 g/mol. The van der Waals surface area contributed by atoms with Gasteiger partial charge < -0.3 is 15.4 Å². The Hall–Kier alpha value is -3.48. The van der Waals surface area contributed by atoms with E-state index in [1.54, 1.807) is 30.3 Å². The molecule has 1 aromatic heterocycles. The summed E-state index contributed by atoms with van der Waals surface area (Å²) in [7, 11) is 0. The minimum atomic E-state index is -0.392. The normalized spacial score (nSPS) is 10.6. The first-order chi connectivity index (χ1) is 13.5. The molecule has 1 amide bonds. The molecule has 6 nitrogen and oxygen atoms in total. The van der Waals surface area contributed by atoms with E-state index >= 15 is 0 Å². The minimum absolute atomic E-state index is 0.0220. The van der Waals surface area contributed by atoms with Crippen molar-refractivity contribution >= 4 is 17.4 Å². The lowest BCUT2D eigenvalue weighted by Crippen LogP contribution is -2.16. The van der Waals surface area contributed by atoms with Gasteiger partial charge in [0.15, 0.2) is 0 Å². The maximum absolute atomic E-state index is 13.7. The van der Waals surface area contributed by atoms with E-state index in [1.807, 2.05) is 26.0 Å². The van der Waals surface area contributed by atoms with E-state index in [9.17, 15) is 9.18 Å². The van der Waals surface area contributed by atoms with Gasteiger partial charge in [0.25, 0.3) is 5.91 Å². The molecule has 2 N–H and O–H groups in total. The zero-order valence-corrected chi connectivity index (χ0v) is 15.6. The van der Waals surface area contributed by atoms with Crippen LogP contribution in [0.25, 0.3) is 0 Å². The summed E-state index contributed by atoms with van der Waals surface area (Å²) in [6.45, 7) is 4.07. The quantitative estimate of drug-likeness (QED) is 0.640. The number of carbonyl (C=O) groups excluding carboxylic acids is 1. The van der Waals surface area contributed by atoms with Crippen LogP contribution >= 0.6 is 0 Å². The van der Waals surface area contributed by atoms with Crippen molar-refractivity contribution in [2.45, 2.75) is 26.5 Å². The van der Waals surface area contributed by atoms with E-state index in [-0.39, 0.29) is 24.2 Å². The monoisotopic (exact) mass is 380 g/mol. The molecule has 3 aromatic rings. The van der Waals surface area contributed by atoms with Crippen molar-refractivity contribution in [3.05, 3.63) is 78.0 Å². The van der Waals surface area contributed by atoms with Crippen LogP contribution in [-0.2, 0) is 6.54 Å². The molecule has 0 atom stereocenters. The van der Waals surface area contributed by atoms with Gasteiger partial charge in [-0.3, -0.25) is 4.79 Å². The fourth-order valence-electron chi connectivity index (χ4n) is 2.52. The molecule has 28 heavy (non-hydrogen) atoms. The molecule has 0 aliphatic heterocycles. The maximum atomic E-state index is 13.7. The second-order valence-electron chi connectivity index (χ2n) is 6.35. The van der Waals surface area contributed by atoms with Gasteiger partial charge in [-0.05, 0) is 32.0 Å². The number of hydrogen-bond acceptors (Lipinski definition) is 5. The van der Waals surface area contributed by atoms with Crippen LogP contribution in [0.1, 0.15) is 29.9 Å². The van der Waals surface area contributed by atoms with Gasteiger partial charge in [-0.1, -0.05) is 30.3 Å². The first-order valence-electron chi connectivity index (χ1n) is 8.89. The van der Waals surface area contributed by atoms with Crippen LogP contribution in [0, 0.1) is 5.82 Å². The largest absolute Gasteiger partial charge is 0.489 e. The van der Waals surface area contributed by atoms with Gasteiger partial charge in [-0.2, -0.15) is 0 Å². The number of ether oxygens (including phenoxy) is 1. The smallest absolute Gasteiger partial charge is 0.274 e. The van der Waals surface area contributed by atoms with Crippen LogP contribution < -0.4 is 15.4 Å². The number of aromatic nitrogens is 2. The highest BCUT2D eigenvalue weighted by atomic mass is 19.1. The van der Waals surface area contributed by atoms with Crippen molar-refractivity contribution in [2.24, 2.45) is 0 Å². The number of para-hydroxylation sites is 2. The number of halogens is 1. The predicted octanol–water partition coefficient (Wildman–Crippen LogP) is 4.27. The summed E-state index contributed by atoms with van der Waals surface area (Å²) in [5.41, 5.74) is 1.25. The first kappa shape index (κ1) is 19.3. The van der Waals surface area contributed by atoms with Crippen molar-refractivity contribution < 1.29 is 13.9 Å². The lowest BCUT2D eigenvalue weighted by molar-refractivity contribution is 0.102. The number of nitrogens with one attached hydrogen (secondary N) is 2. The third-order valence-corrected chi connectivity index (χ3v) is 3.82. The summed E-state index contributed by atoms with van der Waals surface area (Å²) in [5, 5.41) is 5.80. The van der Waals surface area contributed by atoms with Crippen molar-refractivity contribution in [1.29, 1.82) is 0 Å². The van der Waals surface area contributed by atoms with Crippen molar-refractivity contribution in [2.75, 3.05) is 10.6 Å². The predicted molar refractivity (Wildman–Crippen MR) is 106 cm³/mol. The zero-order chi connectivity index (χ0) is 19.9. The molecule has 0 saturated carbocycles. The van der Waals surface area contributed by atoms with Crippen LogP contribution in [0.15, 0.2) is 60.9 Å². The highest BCUT2D eigenvalue weighted by molar-refractivity contribution is 6.04. The molecule has 7 heteroatoms. The van der Waals surface area contributed by atoms with Gasteiger partial charge in [0, 0.05) is 18.2 Å². The van der Waals surface area contributed by atoms with Gasteiger partial charge in [0.05, 0.1) is 11.8 Å². The molecule has 0 saturated heterocycles. The van der Waals surface area contributed by atoms with E-state index in [0.717, 1.165) is 0 Å². The maximum Gasteiger partial charge on any atom is 0.274 e. The summed E-state index contributed by atoms with van der Waals surface area (Å²) >= 11 is 0. The highest BCUT2D eigenvalue weighted by Gasteiger charge is 2.13. The molecule has 0 aliphatic carbocycles. The van der Waals surface area contributed by atoms with Crippen molar-refractivity contribution in [1.82, 2.24) is 9.97 Å². The number of benzene rings is 2.